The summed E-state index contributed by atoms with van der Waals surface area (Å²) in [6.45, 7) is 8.93. The van der Waals surface area contributed by atoms with E-state index in [-0.39, 0.29) is 11.2 Å². The molecule has 5 rings (SSSR count). The van der Waals surface area contributed by atoms with Crippen LogP contribution in [0.1, 0.15) is 56.2 Å². The quantitative estimate of drug-likeness (QED) is 0.658. The molecule has 0 aliphatic carbocycles. The van der Waals surface area contributed by atoms with E-state index >= 15 is 4.39 Å². The zero-order valence-electron chi connectivity index (χ0n) is 19.3. The molecule has 0 saturated carbocycles. The van der Waals surface area contributed by atoms with Crippen LogP contribution in [0, 0.1) is 0 Å². The van der Waals surface area contributed by atoms with Gasteiger partial charge in [0.1, 0.15) is 18.2 Å². The highest BCUT2D eigenvalue weighted by atomic mass is 19.1. The smallest absolute Gasteiger partial charge is 0.165 e. The molecule has 0 unspecified atom stereocenters. The molecule has 1 aromatic carbocycles. The molecule has 4 heterocycles. The standard InChI is InChI=1S/C26H30FN5/c1-17-26(2,3)21-13-19(5-7-23(21)30-17)25-22(27)15-32(16-29-25)24-8-6-20(14-28-24)18-9-11-31(4)12-10-18/h5-8,13-15,18H,9-12,16H2,1-4H3. The average Bonchev–Trinajstić information content (AvgIpc) is 3.02. The molecule has 5 nitrogen and oxygen atoms in total. The monoisotopic (exact) mass is 431 g/mol. The van der Waals surface area contributed by atoms with Crippen molar-refractivity contribution in [2.45, 2.75) is 44.9 Å². The number of halogens is 1. The van der Waals surface area contributed by atoms with Gasteiger partial charge in [0.05, 0.1) is 5.69 Å². The predicted molar refractivity (Wildman–Crippen MR) is 129 cm³/mol. The zero-order valence-corrected chi connectivity index (χ0v) is 19.3. The summed E-state index contributed by atoms with van der Waals surface area (Å²) in [6, 6.07) is 10.0. The number of benzene rings is 1. The van der Waals surface area contributed by atoms with Crippen LogP contribution in [0.25, 0.3) is 0 Å². The van der Waals surface area contributed by atoms with Crippen molar-refractivity contribution in [1.29, 1.82) is 0 Å². The van der Waals surface area contributed by atoms with Crippen molar-refractivity contribution in [2.24, 2.45) is 9.98 Å². The largest absolute Gasteiger partial charge is 0.310 e. The lowest BCUT2D eigenvalue weighted by molar-refractivity contribution is 0.255. The summed E-state index contributed by atoms with van der Waals surface area (Å²) in [5.41, 5.74) is 5.47. The fourth-order valence-electron chi connectivity index (χ4n) is 4.78. The molecule has 1 saturated heterocycles. The van der Waals surface area contributed by atoms with Crippen LogP contribution >= 0.6 is 0 Å². The molecule has 166 valence electrons. The van der Waals surface area contributed by atoms with Crippen molar-refractivity contribution < 1.29 is 4.39 Å². The average molecular weight is 432 g/mol. The summed E-state index contributed by atoms with van der Waals surface area (Å²) in [5, 5.41) is 0. The van der Waals surface area contributed by atoms with Crippen LogP contribution < -0.4 is 4.90 Å². The Hall–Kier alpha value is -2.86. The van der Waals surface area contributed by atoms with Crippen molar-refractivity contribution in [2.75, 3.05) is 31.7 Å². The summed E-state index contributed by atoms with van der Waals surface area (Å²) in [6.07, 6.45) is 5.78. The van der Waals surface area contributed by atoms with E-state index in [1.54, 1.807) is 4.90 Å². The van der Waals surface area contributed by atoms with Crippen LogP contribution in [0.3, 0.4) is 0 Å². The molecular formula is C26H30FN5. The molecule has 32 heavy (non-hydrogen) atoms. The number of piperidine rings is 1. The van der Waals surface area contributed by atoms with Gasteiger partial charge < -0.3 is 9.80 Å². The summed E-state index contributed by atoms with van der Waals surface area (Å²) >= 11 is 0. The van der Waals surface area contributed by atoms with Gasteiger partial charge in [0.25, 0.3) is 0 Å². The zero-order chi connectivity index (χ0) is 22.5. The van der Waals surface area contributed by atoms with Crippen LogP contribution in [0.5, 0.6) is 0 Å². The number of anilines is 1. The molecule has 3 aliphatic heterocycles. The number of hydrogen-bond donors (Lipinski definition) is 0. The first kappa shape index (κ1) is 21.0. The van der Waals surface area contributed by atoms with Crippen molar-refractivity contribution in [3.63, 3.8) is 0 Å². The highest BCUT2D eigenvalue weighted by molar-refractivity contribution is 6.13. The Kier molecular flexibility index (Phi) is 5.20. The second kappa shape index (κ2) is 7.93. The minimum Gasteiger partial charge on any atom is -0.310 e. The van der Waals surface area contributed by atoms with Gasteiger partial charge in [0, 0.05) is 29.1 Å². The number of rotatable bonds is 3. The van der Waals surface area contributed by atoms with Gasteiger partial charge in [-0.1, -0.05) is 26.0 Å². The minimum absolute atomic E-state index is 0.147. The first-order valence-electron chi connectivity index (χ1n) is 11.4. The summed E-state index contributed by atoms with van der Waals surface area (Å²) in [7, 11) is 2.17. The first-order chi connectivity index (χ1) is 15.3. The number of aliphatic imine (C=N–C) groups is 2. The highest BCUT2D eigenvalue weighted by Crippen LogP contribution is 2.40. The summed E-state index contributed by atoms with van der Waals surface area (Å²) in [5.74, 6) is 0.937. The van der Waals surface area contributed by atoms with E-state index in [2.05, 4.69) is 46.8 Å². The van der Waals surface area contributed by atoms with E-state index in [4.69, 9.17) is 0 Å². The SMILES string of the molecule is CC1=Nc2ccc(C3=NCN(c4ccc(C5CCN(C)CC5)cn4)C=C3F)cc2C1(C)C. The molecule has 0 amide bonds. The summed E-state index contributed by atoms with van der Waals surface area (Å²) in [4.78, 5) is 18.0. The molecule has 0 spiro atoms. The van der Waals surface area contributed by atoms with Crippen LogP contribution in [0.15, 0.2) is 58.5 Å². The van der Waals surface area contributed by atoms with Crippen LogP contribution in [0.4, 0.5) is 15.9 Å². The third kappa shape index (κ3) is 3.66. The van der Waals surface area contributed by atoms with Crippen LogP contribution in [0.2, 0.25) is 0 Å². The van der Waals surface area contributed by atoms with Crippen molar-refractivity contribution in [3.8, 4) is 0 Å². The molecular weight excluding hydrogens is 401 g/mol. The van der Waals surface area contributed by atoms with Gasteiger partial charge in [0.2, 0.25) is 0 Å². The predicted octanol–water partition coefficient (Wildman–Crippen LogP) is 5.35. The molecule has 1 fully saturated rings. The van der Waals surface area contributed by atoms with Crippen LogP contribution in [-0.2, 0) is 5.41 Å². The molecule has 0 radical (unpaired) electrons. The van der Waals surface area contributed by atoms with Gasteiger partial charge in [-0.25, -0.2) is 9.37 Å². The Balaban J connectivity index is 1.32. The number of allylic oxidation sites excluding steroid dienone is 1. The van der Waals surface area contributed by atoms with Crippen molar-refractivity contribution in [1.82, 2.24) is 9.88 Å². The third-order valence-corrected chi connectivity index (χ3v) is 7.27. The van der Waals surface area contributed by atoms with Crippen molar-refractivity contribution >= 4 is 22.9 Å². The number of likely N-dealkylation sites (tertiary alicyclic amines) is 1. The number of hydrogen-bond acceptors (Lipinski definition) is 5. The first-order valence-corrected chi connectivity index (χ1v) is 11.4. The van der Waals surface area contributed by atoms with Crippen LogP contribution in [-0.4, -0.2) is 48.1 Å². The molecule has 6 heteroatoms. The molecule has 0 atom stereocenters. The Morgan fingerprint density at radius 1 is 1.09 bits per heavy atom. The third-order valence-electron chi connectivity index (χ3n) is 7.27. The van der Waals surface area contributed by atoms with E-state index in [0.717, 1.165) is 54.3 Å². The Morgan fingerprint density at radius 3 is 2.56 bits per heavy atom. The Labute approximate surface area is 189 Å². The van der Waals surface area contributed by atoms with E-state index in [0.29, 0.717) is 18.3 Å². The Bertz CT molecular complexity index is 1120. The number of aromatic nitrogens is 1. The second-order valence-corrected chi connectivity index (χ2v) is 9.68. The van der Waals surface area contributed by atoms with E-state index in [1.165, 1.54) is 11.8 Å². The number of fused-ring (bicyclic) bond motifs is 1. The topological polar surface area (TPSA) is 44.1 Å². The fraction of sp³-hybridized carbons (Fsp3) is 0.423. The minimum atomic E-state index is -0.342. The van der Waals surface area contributed by atoms with Gasteiger partial charge in [-0.05, 0) is 75.1 Å². The maximum Gasteiger partial charge on any atom is 0.165 e. The summed E-state index contributed by atoms with van der Waals surface area (Å²) < 4.78 is 15.1. The number of nitrogens with zero attached hydrogens (tertiary/aromatic N) is 5. The van der Waals surface area contributed by atoms with Crippen molar-refractivity contribution in [3.05, 3.63) is 65.2 Å². The van der Waals surface area contributed by atoms with Gasteiger partial charge >= 0.3 is 0 Å². The molecule has 3 aliphatic rings. The van der Waals surface area contributed by atoms with Gasteiger partial charge in [-0.3, -0.25) is 9.98 Å². The molecule has 2 aromatic rings. The maximum absolute atomic E-state index is 15.1. The number of pyridine rings is 1. The molecule has 0 N–H and O–H groups in total. The van der Waals surface area contributed by atoms with Gasteiger partial charge in [0.15, 0.2) is 5.83 Å². The van der Waals surface area contributed by atoms with E-state index in [1.807, 2.05) is 37.4 Å². The maximum atomic E-state index is 15.1. The normalized spacial score (nSPS) is 21.2. The Morgan fingerprint density at radius 2 is 1.88 bits per heavy atom. The fourth-order valence-corrected chi connectivity index (χ4v) is 4.78. The highest BCUT2D eigenvalue weighted by Gasteiger charge is 2.33. The lowest BCUT2D eigenvalue weighted by atomic mass is 9.81. The van der Waals surface area contributed by atoms with Gasteiger partial charge in [-0.2, -0.15) is 0 Å². The molecule has 0 bridgehead atoms. The second-order valence-electron chi connectivity index (χ2n) is 9.68. The lowest BCUT2D eigenvalue weighted by Crippen LogP contribution is -2.29. The lowest BCUT2D eigenvalue weighted by Gasteiger charge is -2.29. The van der Waals surface area contributed by atoms with E-state index < -0.39 is 0 Å². The molecule has 1 aromatic heterocycles. The van der Waals surface area contributed by atoms with E-state index in [9.17, 15) is 0 Å². The van der Waals surface area contributed by atoms with Gasteiger partial charge in [-0.15, -0.1) is 0 Å².